The molecule has 0 fully saturated rings. The molecule has 0 aromatic carbocycles. The first-order chi connectivity index (χ1) is 15.9. The van der Waals surface area contributed by atoms with Crippen molar-refractivity contribution in [2.75, 3.05) is 0 Å². The van der Waals surface area contributed by atoms with Crippen LogP contribution in [0.2, 0.25) is 0 Å². The van der Waals surface area contributed by atoms with E-state index in [9.17, 15) is 34.2 Å². The number of aliphatic hydroxyl groups excluding tert-OH is 1. The van der Waals surface area contributed by atoms with Crippen LogP contribution in [0.1, 0.15) is 39.3 Å². The first kappa shape index (κ1) is 28.5. The number of primary amides is 1. The van der Waals surface area contributed by atoms with E-state index in [4.69, 9.17) is 11.5 Å². The second-order valence-corrected chi connectivity index (χ2v) is 8.06. The first-order valence-corrected chi connectivity index (χ1v) is 10.7. The number of nitrogens with two attached hydrogens (primary N) is 2. The maximum absolute atomic E-state index is 12.8. The van der Waals surface area contributed by atoms with Gasteiger partial charge in [0, 0.05) is 18.3 Å². The number of carboxylic acid groups (broad SMARTS) is 1. The number of nitrogens with zero attached hydrogens (tertiary/aromatic N) is 1. The Morgan fingerprint density at radius 1 is 1.06 bits per heavy atom. The highest BCUT2D eigenvalue weighted by molar-refractivity contribution is 5.96. The van der Waals surface area contributed by atoms with Crippen molar-refractivity contribution in [1.29, 1.82) is 0 Å². The SMILES string of the molecule is CCC(C)C(NC(=O)C(CC(N)=O)NC(=O)C(NC(=O)C(N)Cc1cnc[nH]1)C(C)O)C(=O)O. The average molecular weight is 484 g/mol. The molecule has 0 saturated heterocycles. The number of carbonyl (C=O) groups excluding carboxylic acids is 4. The Hall–Kier alpha value is -3.52. The highest BCUT2D eigenvalue weighted by Crippen LogP contribution is 2.09. The fourth-order valence-electron chi connectivity index (χ4n) is 3.00. The average Bonchev–Trinajstić information content (AvgIpc) is 3.26. The van der Waals surface area contributed by atoms with Crippen LogP contribution in [-0.4, -0.2) is 80.1 Å². The fourth-order valence-corrected chi connectivity index (χ4v) is 3.00. The van der Waals surface area contributed by atoms with Crippen molar-refractivity contribution in [1.82, 2.24) is 25.9 Å². The largest absolute Gasteiger partial charge is 0.480 e. The maximum atomic E-state index is 12.8. The molecule has 0 radical (unpaired) electrons. The van der Waals surface area contributed by atoms with E-state index < -0.39 is 72.2 Å². The molecule has 10 N–H and O–H groups in total. The molecule has 190 valence electrons. The molecule has 34 heavy (non-hydrogen) atoms. The van der Waals surface area contributed by atoms with Crippen LogP contribution in [0.3, 0.4) is 0 Å². The number of rotatable bonds is 14. The standard InChI is InChI=1S/C20H33N7O7/c1-4-9(2)15(20(33)34)26-18(31)13(6-14(22)29)25-19(32)16(10(3)28)27-17(30)12(21)5-11-7-23-8-24-11/h7-10,12-13,15-16,28H,4-6,21H2,1-3H3,(H2,22,29)(H,23,24)(H,25,32)(H,26,31)(H,27,30)(H,33,34). The lowest BCUT2D eigenvalue weighted by molar-refractivity contribution is -0.144. The number of carbonyl (C=O) groups is 5. The summed E-state index contributed by atoms with van der Waals surface area (Å²) < 4.78 is 0. The number of aliphatic carboxylic acids is 1. The fraction of sp³-hybridized carbons (Fsp3) is 0.600. The second-order valence-electron chi connectivity index (χ2n) is 8.06. The Kier molecular flexibility index (Phi) is 11.1. The predicted octanol–water partition coefficient (Wildman–Crippen LogP) is -2.88. The van der Waals surface area contributed by atoms with Gasteiger partial charge >= 0.3 is 5.97 Å². The molecule has 6 atom stereocenters. The van der Waals surface area contributed by atoms with Crippen LogP contribution in [-0.2, 0) is 30.4 Å². The van der Waals surface area contributed by atoms with Crippen molar-refractivity contribution in [3.63, 3.8) is 0 Å². The summed E-state index contributed by atoms with van der Waals surface area (Å²) in [4.78, 5) is 67.4. The van der Waals surface area contributed by atoms with Crippen LogP contribution < -0.4 is 27.4 Å². The zero-order chi connectivity index (χ0) is 26.0. The van der Waals surface area contributed by atoms with Crippen molar-refractivity contribution in [2.45, 2.75) is 70.3 Å². The molecular weight excluding hydrogens is 450 g/mol. The third-order valence-corrected chi connectivity index (χ3v) is 5.21. The topological polar surface area (TPSA) is 243 Å². The van der Waals surface area contributed by atoms with Crippen LogP contribution in [0.25, 0.3) is 0 Å². The van der Waals surface area contributed by atoms with E-state index >= 15 is 0 Å². The Morgan fingerprint density at radius 2 is 1.68 bits per heavy atom. The molecule has 14 nitrogen and oxygen atoms in total. The van der Waals surface area contributed by atoms with Gasteiger partial charge < -0.3 is 42.6 Å². The molecule has 0 aliphatic heterocycles. The van der Waals surface area contributed by atoms with E-state index in [0.29, 0.717) is 12.1 Å². The van der Waals surface area contributed by atoms with E-state index in [2.05, 4.69) is 25.9 Å². The Labute approximate surface area is 196 Å². The highest BCUT2D eigenvalue weighted by atomic mass is 16.4. The van der Waals surface area contributed by atoms with Crippen molar-refractivity contribution >= 4 is 29.6 Å². The molecule has 1 aromatic rings. The first-order valence-electron chi connectivity index (χ1n) is 10.7. The minimum Gasteiger partial charge on any atom is -0.480 e. The van der Waals surface area contributed by atoms with Crippen LogP contribution >= 0.6 is 0 Å². The van der Waals surface area contributed by atoms with E-state index in [-0.39, 0.29) is 6.42 Å². The smallest absolute Gasteiger partial charge is 0.326 e. The normalized spacial score (nSPS) is 16.3. The van der Waals surface area contributed by atoms with Crippen molar-refractivity contribution < 1.29 is 34.2 Å². The summed E-state index contributed by atoms with van der Waals surface area (Å²) in [5.74, 6) is -5.36. The molecule has 0 spiro atoms. The quantitative estimate of drug-likeness (QED) is 0.135. The number of nitrogens with one attached hydrogen (secondary N) is 4. The number of hydrogen-bond acceptors (Lipinski definition) is 8. The lowest BCUT2D eigenvalue weighted by Crippen LogP contribution is -2.60. The molecular formula is C20H33N7O7. The van der Waals surface area contributed by atoms with Crippen molar-refractivity contribution in [2.24, 2.45) is 17.4 Å². The van der Waals surface area contributed by atoms with Gasteiger partial charge in [0.15, 0.2) is 0 Å². The summed E-state index contributed by atoms with van der Waals surface area (Å²) in [6.45, 7) is 4.59. The Balaban J connectivity index is 2.93. The van der Waals surface area contributed by atoms with Gasteiger partial charge in [-0.3, -0.25) is 19.2 Å². The third-order valence-electron chi connectivity index (χ3n) is 5.21. The molecule has 0 aliphatic carbocycles. The Morgan fingerprint density at radius 3 is 2.15 bits per heavy atom. The molecule has 14 heteroatoms. The maximum Gasteiger partial charge on any atom is 0.326 e. The van der Waals surface area contributed by atoms with Gasteiger partial charge in [0.25, 0.3) is 0 Å². The highest BCUT2D eigenvalue weighted by Gasteiger charge is 2.34. The molecule has 0 aliphatic rings. The molecule has 1 heterocycles. The summed E-state index contributed by atoms with van der Waals surface area (Å²) in [6.07, 6.45) is 1.38. The molecule has 1 aromatic heterocycles. The summed E-state index contributed by atoms with van der Waals surface area (Å²) in [6, 6.07) is -5.40. The van der Waals surface area contributed by atoms with Gasteiger partial charge in [0.2, 0.25) is 23.6 Å². The number of carboxylic acids is 1. The minimum absolute atomic E-state index is 0.0822. The van der Waals surface area contributed by atoms with E-state index in [1.54, 1.807) is 13.8 Å². The third kappa shape index (κ3) is 8.78. The van der Waals surface area contributed by atoms with E-state index in [1.165, 1.54) is 19.4 Å². The molecule has 1 rings (SSSR count). The number of H-pyrrole nitrogens is 1. The molecule has 4 amide bonds. The van der Waals surface area contributed by atoms with Crippen molar-refractivity contribution in [3.8, 4) is 0 Å². The number of aromatic nitrogens is 2. The van der Waals surface area contributed by atoms with Gasteiger partial charge in [-0.05, 0) is 12.8 Å². The summed E-state index contributed by atoms with van der Waals surface area (Å²) >= 11 is 0. The molecule has 6 unspecified atom stereocenters. The van der Waals surface area contributed by atoms with E-state index in [0.717, 1.165) is 0 Å². The lowest BCUT2D eigenvalue weighted by Gasteiger charge is -2.27. The summed E-state index contributed by atoms with van der Waals surface area (Å²) in [7, 11) is 0. The van der Waals surface area contributed by atoms with Crippen LogP contribution in [0.5, 0.6) is 0 Å². The summed E-state index contributed by atoms with van der Waals surface area (Å²) in [5.41, 5.74) is 11.6. The molecule has 0 saturated carbocycles. The van der Waals surface area contributed by atoms with Gasteiger partial charge in [-0.15, -0.1) is 0 Å². The summed E-state index contributed by atoms with van der Waals surface area (Å²) in [5, 5.41) is 26.2. The van der Waals surface area contributed by atoms with Crippen LogP contribution in [0.4, 0.5) is 0 Å². The number of amides is 4. The zero-order valence-corrected chi connectivity index (χ0v) is 19.3. The number of aliphatic hydroxyl groups is 1. The molecule has 0 bridgehead atoms. The van der Waals surface area contributed by atoms with Gasteiger partial charge in [-0.2, -0.15) is 0 Å². The van der Waals surface area contributed by atoms with Gasteiger partial charge in [-0.1, -0.05) is 20.3 Å². The van der Waals surface area contributed by atoms with Gasteiger partial charge in [0.1, 0.15) is 18.1 Å². The van der Waals surface area contributed by atoms with E-state index in [1.807, 2.05) is 0 Å². The monoisotopic (exact) mass is 483 g/mol. The number of imidazole rings is 1. The zero-order valence-electron chi connectivity index (χ0n) is 19.3. The van der Waals surface area contributed by atoms with Crippen LogP contribution in [0.15, 0.2) is 12.5 Å². The predicted molar refractivity (Wildman–Crippen MR) is 119 cm³/mol. The second kappa shape index (κ2) is 13.3. The van der Waals surface area contributed by atoms with Gasteiger partial charge in [0.05, 0.1) is 24.9 Å². The van der Waals surface area contributed by atoms with Crippen molar-refractivity contribution in [3.05, 3.63) is 18.2 Å². The van der Waals surface area contributed by atoms with Gasteiger partial charge in [-0.25, -0.2) is 9.78 Å². The lowest BCUT2D eigenvalue weighted by atomic mass is 9.98. The number of aromatic amines is 1. The minimum atomic E-state index is -1.53. The van der Waals surface area contributed by atoms with Crippen LogP contribution in [0, 0.1) is 5.92 Å². The number of hydrogen-bond donors (Lipinski definition) is 8. The Bertz CT molecular complexity index is 859.